The Balaban J connectivity index is 1.34. The van der Waals surface area contributed by atoms with E-state index < -0.39 is 0 Å². The van der Waals surface area contributed by atoms with Crippen LogP contribution in [0.15, 0.2) is 60.2 Å². The SMILES string of the molecule is Cn1ccnc1C(NC(=O)CN1CCN(Cc2cccs2)CC1)c1ccccc1. The van der Waals surface area contributed by atoms with Crippen molar-refractivity contribution in [2.75, 3.05) is 32.7 Å². The Morgan fingerprint density at radius 2 is 1.86 bits per heavy atom. The number of imidazole rings is 1. The van der Waals surface area contributed by atoms with Crippen LogP contribution < -0.4 is 5.32 Å². The number of hydrogen-bond acceptors (Lipinski definition) is 5. The summed E-state index contributed by atoms with van der Waals surface area (Å²) in [6, 6.07) is 14.1. The highest BCUT2D eigenvalue weighted by Crippen LogP contribution is 2.20. The van der Waals surface area contributed by atoms with Crippen LogP contribution in [0.5, 0.6) is 0 Å². The summed E-state index contributed by atoms with van der Waals surface area (Å²) in [5, 5.41) is 5.32. The van der Waals surface area contributed by atoms with Gasteiger partial charge in [-0.3, -0.25) is 14.6 Å². The molecule has 6 nitrogen and oxygen atoms in total. The Kier molecular flexibility index (Phi) is 6.39. The standard InChI is InChI=1S/C22H27N5OS/c1-25-10-9-23-22(25)21(18-6-3-2-4-7-18)24-20(28)17-27-13-11-26(12-14-27)16-19-8-5-15-29-19/h2-10,15,21H,11-14,16-17H2,1H3,(H,24,28). The zero-order chi connectivity index (χ0) is 20.1. The molecule has 1 aliphatic heterocycles. The topological polar surface area (TPSA) is 53.4 Å². The Bertz CT molecular complexity index is 900. The van der Waals surface area contributed by atoms with Crippen LogP contribution in [0.4, 0.5) is 0 Å². The van der Waals surface area contributed by atoms with Gasteiger partial charge < -0.3 is 9.88 Å². The number of aryl methyl sites for hydroxylation is 1. The van der Waals surface area contributed by atoms with Crippen molar-refractivity contribution in [2.24, 2.45) is 7.05 Å². The van der Waals surface area contributed by atoms with Crippen molar-refractivity contribution >= 4 is 17.2 Å². The lowest BCUT2D eigenvalue weighted by Crippen LogP contribution is -2.49. The lowest BCUT2D eigenvalue weighted by molar-refractivity contribution is -0.123. The third-order valence-electron chi connectivity index (χ3n) is 5.35. The molecule has 2 aromatic heterocycles. The van der Waals surface area contributed by atoms with E-state index in [9.17, 15) is 4.79 Å². The third-order valence-corrected chi connectivity index (χ3v) is 6.21. The first-order valence-corrected chi connectivity index (χ1v) is 10.9. The van der Waals surface area contributed by atoms with Crippen LogP contribution in [0.1, 0.15) is 22.3 Å². The van der Waals surface area contributed by atoms with Gasteiger partial charge in [-0.05, 0) is 17.0 Å². The van der Waals surface area contributed by atoms with Crippen molar-refractivity contribution in [2.45, 2.75) is 12.6 Å². The second-order valence-corrected chi connectivity index (χ2v) is 8.47. The van der Waals surface area contributed by atoms with E-state index in [0.29, 0.717) is 6.54 Å². The molecule has 29 heavy (non-hydrogen) atoms. The second kappa shape index (κ2) is 9.35. The maximum absolute atomic E-state index is 12.8. The van der Waals surface area contributed by atoms with Crippen LogP contribution in [0.2, 0.25) is 0 Å². The van der Waals surface area contributed by atoms with Gasteiger partial charge in [-0.25, -0.2) is 4.98 Å². The minimum atomic E-state index is -0.246. The first kappa shape index (κ1) is 19.8. The number of rotatable bonds is 7. The summed E-state index contributed by atoms with van der Waals surface area (Å²) >= 11 is 1.81. The molecule has 152 valence electrons. The van der Waals surface area contributed by atoms with Gasteiger partial charge in [0, 0.05) is 57.0 Å². The smallest absolute Gasteiger partial charge is 0.235 e. The minimum absolute atomic E-state index is 0.0357. The fraction of sp³-hybridized carbons (Fsp3) is 0.364. The van der Waals surface area contributed by atoms with Gasteiger partial charge in [0.25, 0.3) is 0 Å². The molecule has 3 heterocycles. The van der Waals surface area contributed by atoms with E-state index >= 15 is 0 Å². The molecular weight excluding hydrogens is 382 g/mol. The average molecular weight is 410 g/mol. The third kappa shape index (κ3) is 5.12. The summed E-state index contributed by atoms with van der Waals surface area (Å²) in [5.41, 5.74) is 1.04. The number of carbonyl (C=O) groups excluding carboxylic acids is 1. The number of piperazine rings is 1. The molecule has 1 aliphatic rings. The fourth-order valence-corrected chi connectivity index (χ4v) is 4.48. The van der Waals surface area contributed by atoms with Crippen molar-refractivity contribution in [3.63, 3.8) is 0 Å². The van der Waals surface area contributed by atoms with Crippen LogP contribution in [0, 0.1) is 0 Å². The Hall–Kier alpha value is -2.48. The van der Waals surface area contributed by atoms with Gasteiger partial charge >= 0.3 is 0 Å². The molecule has 1 amide bonds. The largest absolute Gasteiger partial charge is 0.341 e. The van der Waals surface area contributed by atoms with Crippen molar-refractivity contribution < 1.29 is 4.79 Å². The number of carbonyl (C=O) groups is 1. The molecule has 3 aromatic rings. The summed E-state index contributed by atoms with van der Waals surface area (Å²) in [7, 11) is 1.96. The number of nitrogens with zero attached hydrogens (tertiary/aromatic N) is 4. The van der Waals surface area contributed by atoms with E-state index in [1.807, 2.05) is 48.1 Å². The summed E-state index contributed by atoms with van der Waals surface area (Å²) in [5.74, 6) is 0.874. The van der Waals surface area contributed by atoms with E-state index in [-0.39, 0.29) is 11.9 Å². The molecule has 1 N–H and O–H groups in total. The quantitative estimate of drug-likeness (QED) is 0.652. The van der Waals surface area contributed by atoms with Crippen molar-refractivity contribution in [3.8, 4) is 0 Å². The monoisotopic (exact) mass is 409 g/mol. The Morgan fingerprint density at radius 3 is 2.52 bits per heavy atom. The predicted molar refractivity (Wildman–Crippen MR) is 116 cm³/mol. The molecular formula is C22H27N5OS. The molecule has 0 radical (unpaired) electrons. The zero-order valence-corrected chi connectivity index (χ0v) is 17.5. The number of benzene rings is 1. The Morgan fingerprint density at radius 1 is 1.10 bits per heavy atom. The Labute approximate surface area is 175 Å². The number of thiophene rings is 1. The van der Waals surface area contributed by atoms with E-state index in [4.69, 9.17) is 0 Å². The molecule has 1 fully saturated rings. The van der Waals surface area contributed by atoms with Crippen molar-refractivity contribution in [1.82, 2.24) is 24.7 Å². The molecule has 1 aromatic carbocycles. The lowest BCUT2D eigenvalue weighted by Gasteiger charge is -2.34. The van der Waals surface area contributed by atoms with Crippen LogP contribution in [-0.2, 0) is 18.4 Å². The molecule has 0 saturated carbocycles. The van der Waals surface area contributed by atoms with E-state index in [0.717, 1.165) is 44.1 Å². The van der Waals surface area contributed by atoms with Gasteiger partial charge in [0.1, 0.15) is 11.9 Å². The van der Waals surface area contributed by atoms with Crippen molar-refractivity contribution in [3.05, 3.63) is 76.5 Å². The van der Waals surface area contributed by atoms with E-state index in [1.54, 1.807) is 17.5 Å². The first-order chi connectivity index (χ1) is 14.2. The van der Waals surface area contributed by atoms with Gasteiger partial charge in [-0.2, -0.15) is 0 Å². The van der Waals surface area contributed by atoms with Gasteiger partial charge in [-0.1, -0.05) is 36.4 Å². The zero-order valence-electron chi connectivity index (χ0n) is 16.7. The normalized spacial score (nSPS) is 16.6. The molecule has 0 bridgehead atoms. The fourth-order valence-electron chi connectivity index (χ4n) is 3.74. The number of amides is 1. The van der Waals surface area contributed by atoms with E-state index in [2.05, 4.69) is 37.6 Å². The highest BCUT2D eigenvalue weighted by molar-refractivity contribution is 7.09. The van der Waals surface area contributed by atoms with Gasteiger partial charge in [0.2, 0.25) is 5.91 Å². The summed E-state index contributed by atoms with van der Waals surface area (Å²) in [4.78, 5) is 23.4. The predicted octanol–water partition coefficient (Wildman–Crippen LogP) is 2.51. The van der Waals surface area contributed by atoms with Gasteiger partial charge in [-0.15, -0.1) is 11.3 Å². The summed E-state index contributed by atoms with van der Waals surface area (Å²) in [6.07, 6.45) is 3.68. The van der Waals surface area contributed by atoms with Gasteiger partial charge in [0.15, 0.2) is 0 Å². The maximum atomic E-state index is 12.8. The summed E-state index contributed by atoms with van der Waals surface area (Å²) < 4.78 is 1.96. The number of nitrogens with one attached hydrogen (secondary N) is 1. The average Bonchev–Trinajstić information content (AvgIpc) is 3.40. The van der Waals surface area contributed by atoms with Gasteiger partial charge in [0.05, 0.1) is 6.54 Å². The summed E-state index contributed by atoms with van der Waals surface area (Å²) in [6.45, 7) is 5.24. The minimum Gasteiger partial charge on any atom is -0.341 e. The van der Waals surface area contributed by atoms with Crippen molar-refractivity contribution in [1.29, 1.82) is 0 Å². The number of aromatic nitrogens is 2. The second-order valence-electron chi connectivity index (χ2n) is 7.44. The van der Waals surface area contributed by atoms with Crippen LogP contribution in [0.3, 0.4) is 0 Å². The number of hydrogen-bond donors (Lipinski definition) is 1. The first-order valence-electron chi connectivity index (χ1n) is 9.97. The highest BCUT2D eigenvalue weighted by atomic mass is 32.1. The highest BCUT2D eigenvalue weighted by Gasteiger charge is 2.23. The molecule has 0 aliphatic carbocycles. The van der Waals surface area contributed by atoms with E-state index in [1.165, 1.54) is 4.88 Å². The molecule has 1 atom stereocenters. The molecule has 1 saturated heterocycles. The molecule has 0 spiro atoms. The lowest BCUT2D eigenvalue weighted by atomic mass is 10.1. The molecule has 1 unspecified atom stereocenters. The molecule has 4 rings (SSSR count). The van der Waals surface area contributed by atoms with Crippen LogP contribution >= 0.6 is 11.3 Å². The molecule has 7 heteroatoms. The maximum Gasteiger partial charge on any atom is 0.235 e. The van der Waals surface area contributed by atoms with Crippen LogP contribution in [-0.4, -0.2) is 58.0 Å². The van der Waals surface area contributed by atoms with Crippen LogP contribution in [0.25, 0.3) is 0 Å².